The molecule has 7 heteroatoms. The van der Waals surface area contributed by atoms with Gasteiger partial charge < -0.3 is 14.9 Å². The average Bonchev–Trinajstić information content (AvgIpc) is 3.06. The van der Waals surface area contributed by atoms with Crippen LogP contribution in [0.5, 0.6) is 11.5 Å². The Morgan fingerprint density at radius 3 is 2.78 bits per heavy atom. The van der Waals surface area contributed by atoms with E-state index in [1.807, 2.05) is 37.3 Å². The number of ether oxygens (including phenoxy) is 1. The van der Waals surface area contributed by atoms with Gasteiger partial charge in [-0.15, -0.1) is 11.3 Å². The van der Waals surface area contributed by atoms with E-state index in [4.69, 9.17) is 9.84 Å². The van der Waals surface area contributed by atoms with Crippen LogP contribution in [0.15, 0.2) is 40.9 Å². The smallest absolute Gasteiger partial charge is 0.303 e. The van der Waals surface area contributed by atoms with Crippen molar-refractivity contribution in [2.75, 3.05) is 6.61 Å². The molecule has 2 N–H and O–H groups in total. The van der Waals surface area contributed by atoms with Gasteiger partial charge in [-0.2, -0.15) is 0 Å². The van der Waals surface area contributed by atoms with Crippen molar-refractivity contribution in [1.29, 1.82) is 0 Å². The van der Waals surface area contributed by atoms with E-state index in [0.29, 0.717) is 23.2 Å². The van der Waals surface area contributed by atoms with Gasteiger partial charge in [0.15, 0.2) is 11.5 Å². The third-order valence-electron chi connectivity index (χ3n) is 3.87. The number of aromatic hydroxyl groups is 1. The Hall–Kier alpha value is -2.38. The molecule has 0 aliphatic heterocycles. The van der Waals surface area contributed by atoms with E-state index in [1.165, 1.54) is 11.3 Å². The normalized spacial score (nSPS) is 11.7. The van der Waals surface area contributed by atoms with Gasteiger partial charge in [0.1, 0.15) is 5.01 Å². The van der Waals surface area contributed by atoms with Crippen LogP contribution in [-0.4, -0.2) is 27.8 Å². The van der Waals surface area contributed by atoms with Gasteiger partial charge in [0, 0.05) is 6.42 Å². The number of aromatic nitrogens is 1. The third kappa shape index (κ3) is 4.67. The Morgan fingerprint density at radius 2 is 2.07 bits per heavy atom. The van der Waals surface area contributed by atoms with Crippen molar-refractivity contribution in [3.63, 3.8) is 0 Å². The van der Waals surface area contributed by atoms with Crippen molar-refractivity contribution < 1.29 is 19.7 Å². The summed E-state index contributed by atoms with van der Waals surface area (Å²) in [5, 5.41) is 20.0. The number of nitrogens with zero attached hydrogens (tertiary/aromatic N) is 1. The van der Waals surface area contributed by atoms with Crippen LogP contribution in [0, 0.1) is 0 Å². The van der Waals surface area contributed by atoms with Crippen molar-refractivity contribution in [2.45, 2.75) is 19.8 Å². The molecule has 1 aromatic heterocycles. The first-order chi connectivity index (χ1) is 13.0. The molecule has 27 heavy (non-hydrogen) atoms. The molecule has 0 bridgehead atoms. The topological polar surface area (TPSA) is 79.7 Å². The summed E-state index contributed by atoms with van der Waals surface area (Å²) in [4.78, 5) is 15.7. The number of phenolic OH excluding ortho intramolecular Hbond substituents is 1. The van der Waals surface area contributed by atoms with E-state index in [9.17, 15) is 9.90 Å². The molecule has 0 spiro atoms. The number of carboxylic acid groups (broad SMARTS) is 1. The SMILES string of the molecule is CCOc1cc(/C=C(/CCC(=O)O)c2nc3ccccc3s2)cc(Br)c1O. The number of hydrogen-bond acceptors (Lipinski definition) is 5. The monoisotopic (exact) mass is 447 g/mol. The predicted molar refractivity (Wildman–Crippen MR) is 111 cm³/mol. The Kier molecular flexibility index (Phi) is 6.13. The van der Waals surface area contributed by atoms with E-state index in [-0.39, 0.29) is 12.2 Å². The van der Waals surface area contributed by atoms with E-state index >= 15 is 0 Å². The standard InChI is InChI=1S/C20H18BrNO4S/c1-2-26-16-11-12(10-14(21)19(16)25)9-13(7-8-18(23)24)20-22-15-5-3-4-6-17(15)27-20/h3-6,9-11,25H,2,7-8H2,1H3,(H,23,24)/b13-9-. The number of rotatable bonds is 7. The highest BCUT2D eigenvalue weighted by Gasteiger charge is 2.13. The Balaban J connectivity index is 2.05. The maximum Gasteiger partial charge on any atom is 0.303 e. The molecule has 3 rings (SSSR count). The fourth-order valence-electron chi connectivity index (χ4n) is 2.64. The molecular formula is C20H18BrNO4S. The van der Waals surface area contributed by atoms with Crippen molar-refractivity contribution in [3.8, 4) is 11.5 Å². The summed E-state index contributed by atoms with van der Waals surface area (Å²) in [5.41, 5.74) is 2.52. The summed E-state index contributed by atoms with van der Waals surface area (Å²) in [7, 11) is 0. The molecular weight excluding hydrogens is 430 g/mol. The molecule has 0 aliphatic carbocycles. The van der Waals surface area contributed by atoms with Crippen LogP contribution >= 0.6 is 27.3 Å². The van der Waals surface area contributed by atoms with Gasteiger partial charge in [0.2, 0.25) is 0 Å². The van der Waals surface area contributed by atoms with Crippen molar-refractivity contribution in [3.05, 3.63) is 51.4 Å². The lowest BCUT2D eigenvalue weighted by Gasteiger charge is -2.10. The van der Waals surface area contributed by atoms with Crippen LogP contribution in [0.25, 0.3) is 21.9 Å². The van der Waals surface area contributed by atoms with Crippen LogP contribution in [0.2, 0.25) is 0 Å². The zero-order valence-electron chi connectivity index (χ0n) is 14.6. The van der Waals surface area contributed by atoms with Gasteiger partial charge in [0.05, 0.1) is 21.3 Å². The number of thiazole rings is 1. The summed E-state index contributed by atoms with van der Waals surface area (Å²) in [5.74, 6) is -0.440. The number of benzene rings is 2. The van der Waals surface area contributed by atoms with Crippen molar-refractivity contribution in [1.82, 2.24) is 4.98 Å². The summed E-state index contributed by atoms with van der Waals surface area (Å²) in [6.07, 6.45) is 2.27. The number of aliphatic carboxylic acids is 1. The van der Waals surface area contributed by atoms with Gasteiger partial charge in [-0.25, -0.2) is 4.98 Å². The number of carbonyl (C=O) groups is 1. The number of carboxylic acids is 1. The molecule has 0 radical (unpaired) electrons. The minimum Gasteiger partial charge on any atom is -0.503 e. The summed E-state index contributed by atoms with van der Waals surface area (Å²) >= 11 is 4.87. The van der Waals surface area contributed by atoms with E-state index in [1.54, 1.807) is 12.1 Å². The van der Waals surface area contributed by atoms with Gasteiger partial charge in [0.25, 0.3) is 0 Å². The molecule has 0 aliphatic rings. The van der Waals surface area contributed by atoms with Crippen LogP contribution in [-0.2, 0) is 4.79 Å². The van der Waals surface area contributed by atoms with Gasteiger partial charge in [-0.1, -0.05) is 12.1 Å². The zero-order valence-corrected chi connectivity index (χ0v) is 17.0. The van der Waals surface area contributed by atoms with Gasteiger partial charge in [-0.05, 0) is 70.8 Å². The second-order valence-corrected chi connectivity index (χ2v) is 7.72. The number of hydrogen-bond donors (Lipinski definition) is 2. The highest BCUT2D eigenvalue weighted by atomic mass is 79.9. The van der Waals surface area contributed by atoms with Crippen LogP contribution < -0.4 is 4.74 Å². The fourth-order valence-corrected chi connectivity index (χ4v) is 4.10. The number of allylic oxidation sites excluding steroid dienone is 1. The molecule has 2 aromatic carbocycles. The molecule has 0 saturated carbocycles. The Labute approximate surface area is 169 Å². The van der Waals surface area contributed by atoms with Gasteiger partial charge >= 0.3 is 5.97 Å². The zero-order chi connectivity index (χ0) is 19.4. The van der Waals surface area contributed by atoms with Crippen LogP contribution in [0.3, 0.4) is 0 Å². The first-order valence-corrected chi connectivity index (χ1v) is 10.0. The maximum atomic E-state index is 11.1. The number of para-hydroxylation sites is 1. The number of fused-ring (bicyclic) bond motifs is 1. The maximum absolute atomic E-state index is 11.1. The number of halogens is 1. The second-order valence-electron chi connectivity index (χ2n) is 5.83. The molecule has 5 nitrogen and oxygen atoms in total. The molecule has 0 unspecified atom stereocenters. The highest BCUT2D eigenvalue weighted by molar-refractivity contribution is 9.10. The fraction of sp³-hybridized carbons (Fsp3) is 0.200. The lowest BCUT2D eigenvalue weighted by molar-refractivity contribution is -0.136. The van der Waals surface area contributed by atoms with E-state index in [0.717, 1.165) is 26.4 Å². The van der Waals surface area contributed by atoms with Crippen LogP contribution in [0.1, 0.15) is 30.3 Å². The molecule has 3 aromatic rings. The summed E-state index contributed by atoms with van der Waals surface area (Å²) in [6, 6.07) is 11.3. The number of phenols is 1. The van der Waals surface area contributed by atoms with E-state index < -0.39 is 5.97 Å². The van der Waals surface area contributed by atoms with Crippen molar-refractivity contribution >= 4 is 55.1 Å². The third-order valence-corrected chi connectivity index (χ3v) is 5.58. The van der Waals surface area contributed by atoms with Crippen LogP contribution in [0.4, 0.5) is 0 Å². The minimum atomic E-state index is -0.857. The molecule has 0 atom stereocenters. The summed E-state index contributed by atoms with van der Waals surface area (Å²) in [6.45, 7) is 2.27. The van der Waals surface area contributed by atoms with Gasteiger partial charge in [-0.3, -0.25) is 4.79 Å². The largest absolute Gasteiger partial charge is 0.503 e. The average molecular weight is 448 g/mol. The Morgan fingerprint density at radius 1 is 1.30 bits per heavy atom. The predicted octanol–water partition coefficient (Wildman–Crippen LogP) is 5.57. The first-order valence-electron chi connectivity index (χ1n) is 8.41. The molecule has 0 amide bonds. The highest BCUT2D eigenvalue weighted by Crippen LogP contribution is 2.37. The minimum absolute atomic E-state index is 0.0132. The molecule has 140 valence electrons. The lowest BCUT2D eigenvalue weighted by atomic mass is 10.1. The van der Waals surface area contributed by atoms with Crippen molar-refractivity contribution in [2.24, 2.45) is 0 Å². The first kappa shape index (κ1) is 19.4. The molecule has 0 fully saturated rings. The Bertz CT molecular complexity index is 979. The summed E-state index contributed by atoms with van der Waals surface area (Å²) < 4.78 is 7.04. The van der Waals surface area contributed by atoms with E-state index in [2.05, 4.69) is 20.9 Å². The molecule has 0 saturated heterocycles. The lowest BCUT2D eigenvalue weighted by Crippen LogP contribution is -1.96. The molecule has 1 heterocycles. The quantitative estimate of drug-likeness (QED) is 0.494. The second kappa shape index (κ2) is 8.54.